The molecule has 28 heavy (non-hydrogen) atoms. The third kappa shape index (κ3) is 7.05. The first-order chi connectivity index (χ1) is 13.5. The molecule has 0 aliphatic carbocycles. The van der Waals surface area contributed by atoms with Gasteiger partial charge in [-0.05, 0) is 12.8 Å². The summed E-state index contributed by atoms with van der Waals surface area (Å²) in [4.78, 5) is 43.5. The van der Waals surface area contributed by atoms with Gasteiger partial charge in [0.25, 0.3) is 0 Å². The number of unbranched alkanes of at least 4 members (excludes halogenated alkanes) is 3. The van der Waals surface area contributed by atoms with Gasteiger partial charge in [-0.2, -0.15) is 0 Å². The molecule has 0 unspecified atom stereocenters. The van der Waals surface area contributed by atoms with Gasteiger partial charge in [-0.15, -0.1) is 0 Å². The molecule has 8 nitrogen and oxygen atoms in total. The van der Waals surface area contributed by atoms with Gasteiger partial charge in [0.1, 0.15) is 6.54 Å². The van der Waals surface area contributed by atoms with E-state index in [9.17, 15) is 14.4 Å². The van der Waals surface area contributed by atoms with Crippen LogP contribution in [0.4, 0.5) is 4.79 Å². The lowest BCUT2D eigenvalue weighted by Crippen LogP contribution is -2.43. The molecule has 0 aromatic rings. The smallest absolute Gasteiger partial charge is 0.326 e. The predicted octanol–water partition coefficient (Wildman–Crippen LogP) is 1.40. The minimum atomic E-state index is -0.263. The van der Waals surface area contributed by atoms with Crippen molar-refractivity contribution >= 4 is 17.8 Å². The number of ether oxygens (including phenoxy) is 1. The van der Waals surface area contributed by atoms with Gasteiger partial charge in [0.05, 0.1) is 13.2 Å². The number of nitrogens with zero attached hydrogens (tertiary/aromatic N) is 4. The molecule has 8 heteroatoms. The van der Waals surface area contributed by atoms with Crippen LogP contribution >= 0.6 is 0 Å². The highest BCUT2D eigenvalue weighted by molar-refractivity contribution is 6.01. The molecule has 0 atom stereocenters. The van der Waals surface area contributed by atoms with Gasteiger partial charge in [-0.25, -0.2) is 4.79 Å². The summed E-state index contributed by atoms with van der Waals surface area (Å²) in [6.07, 6.45) is 5.43. The highest BCUT2D eigenvalue weighted by Crippen LogP contribution is 2.11. The van der Waals surface area contributed by atoms with Gasteiger partial charge in [0.2, 0.25) is 11.8 Å². The lowest BCUT2D eigenvalue weighted by atomic mass is 10.2. The van der Waals surface area contributed by atoms with Crippen LogP contribution in [-0.2, 0) is 14.3 Å². The molecule has 0 N–H and O–H groups in total. The van der Waals surface area contributed by atoms with Crippen LogP contribution in [0.25, 0.3) is 0 Å². The van der Waals surface area contributed by atoms with Crippen LogP contribution in [0, 0.1) is 0 Å². The van der Waals surface area contributed by atoms with Crippen molar-refractivity contribution < 1.29 is 19.1 Å². The Balaban J connectivity index is 1.77. The van der Waals surface area contributed by atoms with Gasteiger partial charge in [0.15, 0.2) is 0 Å². The molecule has 0 aromatic heterocycles. The number of hydrogen-bond acceptors (Lipinski definition) is 5. The third-order valence-corrected chi connectivity index (χ3v) is 5.43. The standard InChI is InChI=1S/C20H36N4O4/c1-3-4-5-6-9-23(12-11-22-13-15-28-16-14-22)18(25)8-7-10-24-19(26)17-21(2)20(24)27/h3-17H2,1-2H3. The van der Waals surface area contributed by atoms with E-state index in [1.807, 2.05) is 4.90 Å². The van der Waals surface area contributed by atoms with Crippen LogP contribution < -0.4 is 0 Å². The summed E-state index contributed by atoms with van der Waals surface area (Å²) in [5.41, 5.74) is 0. The molecule has 2 fully saturated rings. The van der Waals surface area contributed by atoms with Crippen LogP contribution in [0.1, 0.15) is 45.4 Å². The fourth-order valence-electron chi connectivity index (χ4n) is 3.61. The van der Waals surface area contributed by atoms with Gasteiger partial charge in [-0.1, -0.05) is 26.2 Å². The van der Waals surface area contributed by atoms with Crippen LogP contribution in [0.3, 0.4) is 0 Å². The molecule has 0 radical (unpaired) electrons. The first-order valence-electron chi connectivity index (χ1n) is 10.7. The molecule has 4 amide bonds. The van der Waals surface area contributed by atoms with Crippen molar-refractivity contribution in [3.8, 4) is 0 Å². The zero-order valence-electron chi connectivity index (χ0n) is 17.5. The van der Waals surface area contributed by atoms with E-state index < -0.39 is 0 Å². The Hall–Kier alpha value is -1.67. The molecule has 0 spiro atoms. The van der Waals surface area contributed by atoms with E-state index in [1.54, 1.807) is 7.05 Å². The van der Waals surface area contributed by atoms with Gasteiger partial charge in [0, 0.05) is 52.7 Å². The maximum atomic E-state index is 12.8. The van der Waals surface area contributed by atoms with Crippen molar-refractivity contribution in [2.45, 2.75) is 45.4 Å². The minimum Gasteiger partial charge on any atom is -0.379 e. The van der Waals surface area contributed by atoms with Crippen molar-refractivity contribution in [2.75, 3.05) is 66.1 Å². The highest BCUT2D eigenvalue weighted by atomic mass is 16.5. The summed E-state index contributed by atoms with van der Waals surface area (Å²) >= 11 is 0. The van der Waals surface area contributed by atoms with Crippen LogP contribution in [-0.4, -0.2) is 104 Å². The number of hydrogen-bond donors (Lipinski definition) is 0. The molecular weight excluding hydrogens is 360 g/mol. The quantitative estimate of drug-likeness (QED) is 0.368. The first kappa shape index (κ1) is 22.6. The molecule has 0 aromatic carbocycles. The van der Waals surface area contributed by atoms with Gasteiger partial charge < -0.3 is 14.5 Å². The van der Waals surface area contributed by atoms with Crippen molar-refractivity contribution in [3.05, 3.63) is 0 Å². The average Bonchev–Trinajstić information content (AvgIpc) is 2.94. The molecule has 2 aliphatic heterocycles. The highest BCUT2D eigenvalue weighted by Gasteiger charge is 2.33. The minimum absolute atomic E-state index is 0.122. The van der Waals surface area contributed by atoms with Crippen LogP contribution in [0.2, 0.25) is 0 Å². The van der Waals surface area contributed by atoms with Crippen LogP contribution in [0.15, 0.2) is 0 Å². The molecule has 0 saturated carbocycles. The monoisotopic (exact) mass is 396 g/mol. The Kier molecular flexibility index (Phi) is 9.70. The fraction of sp³-hybridized carbons (Fsp3) is 0.850. The lowest BCUT2D eigenvalue weighted by molar-refractivity contribution is -0.132. The number of carbonyl (C=O) groups is 3. The SMILES string of the molecule is CCCCCCN(CCN1CCOCC1)C(=O)CCCN1C(=O)CN(C)C1=O. The molecule has 160 valence electrons. The Morgan fingerprint density at radius 1 is 1.04 bits per heavy atom. The number of morpholine rings is 1. The van der Waals surface area contributed by atoms with E-state index in [0.717, 1.165) is 58.8 Å². The number of amides is 4. The Morgan fingerprint density at radius 2 is 1.79 bits per heavy atom. The zero-order chi connectivity index (χ0) is 20.4. The summed E-state index contributed by atoms with van der Waals surface area (Å²) in [5.74, 6) is -0.0547. The van der Waals surface area contributed by atoms with Crippen molar-refractivity contribution in [2.24, 2.45) is 0 Å². The number of carbonyl (C=O) groups excluding carboxylic acids is 3. The maximum absolute atomic E-state index is 12.8. The number of imide groups is 1. The van der Waals surface area contributed by atoms with Gasteiger partial charge >= 0.3 is 6.03 Å². The van der Waals surface area contributed by atoms with E-state index >= 15 is 0 Å². The van der Waals surface area contributed by atoms with Crippen LogP contribution in [0.5, 0.6) is 0 Å². The Morgan fingerprint density at radius 3 is 2.43 bits per heavy atom. The summed E-state index contributed by atoms with van der Waals surface area (Å²) in [7, 11) is 1.62. The maximum Gasteiger partial charge on any atom is 0.326 e. The van der Waals surface area contributed by atoms with E-state index in [0.29, 0.717) is 19.4 Å². The van der Waals surface area contributed by atoms with E-state index in [4.69, 9.17) is 4.74 Å². The second-order valence-corrected chi connectivity index (χ2v) is 7.68. The molecule has 2 saturated heterocycles. The zero-order valence-corrected chi connectivity index (χ0v) is 17.5. The molecular formula is C20H36N4O4. The number of urea groups is 1. The normalized spacial score (nSPS) is 18.2. The average molecular weight is 397 g/mol. The molecule has 2 heterocycles. The Bertz CT molecular complexity index is 522. The summed E-state index contributed by atoms with van der Waals surface area (Å²) in [6.45, 7) is 8.39. The summed E-state index contributed by atoms with van der Waals surface area (Å²) < 4.78 is 5.39. The predicted molar refractivity (Wildman–Crippen MR) is 107 cm³/mol. The molecule has 2 rings (SSSR count). The summed E-state index contributed by atoms with van der Waals surface area (Å²) in [5, 5.41) is 0. The topological polar surface area (TPSA) is 73.4 Å². The molecule has 0 bridgehead atoms. The first-order valence-corrected chi connectivity index (χ1v) is 10.7. The van der Waals surface area contributed by atoms with Gasteiger partial charge in [-0.3, -0.25) is 19.4 Å². The summed E-state index contributed by atoms with van der Waals surface area (Å²) in [6, 6.07) is -0.263. The number of likely N-dealkylation sites (N-methyl/N-ethyl adjacent to an activating group) is 1. The lowest BCUT2D eigenvalue weighted by Gasteiger charge is -2.30. The van der Waals surface area contributed by atoms with E-state index in [-0.39, 0.29) is 24.4 Å². The van der Waals surface area contributed by atoms with Crippen molar-refractivity contribution in [1.29, 1.82) is 0 Å². The van der Waals surface area contributed by atoms with E-state index in [1.165, 1.54) is 22.6 Å². The largest absolute Gasteiger partial charge is 0.379 e. The second kappa shape index (κ2) is 12.0. The van der Waals surface area contributed by atoms with Crippen molar-refractivity contribution in [1.82, 2.24) is 19.6 Å². The molecule has 2 aliphatic rings. The second-order valence-electron chi connectivity index (χ2n) is 7.68. The third-order valence-electron chi connectivity index (χ3n) is 5.43. The Labute approximate surface area is 168 Å². The number of rotatable bonds is 12. The fourth-order valence-corrected chi connectivity index (χ4v) is 3.61. The van der Waals surface area contributed by atoms with E-state index in [2.05, 4.69) is 11.8 Å². The van der Waals surface area contributed by atoms with Crippen molar-refractivity contribution in [3.63, 3.8) is 0 Å².